The van der Waals surface area contributed by atoms with Gasteiger partial charge in [-0.1, -0.05) is 20.3 Å². The normalized spacial score (nSPS) is 12.2. The quantitative estimate of drug-likeness (QED) is 0.585. The summed E-state index contributed by atoms with van der Waals surface area (Å²) in [4.78, 5) is 24.3. The number of unbranched alkanes of at least 4 members (excludes halogenated alkanes) is 1. The predicted octanol–water partition coefficient (Wildman–Crippen LogP) is 2.35. The van der Waals surface area contributed by atoms with Crippen molar-refractivity contribution in [1.29, 1.82) is 0 Å². The molecule has 0 fully saturated rings. The second kappa shape index (κ2) is 9.70. The van der Waals surface area contributed by atoms with Crippen molar-refractivity contribution in [1.82, 2.24) is 4.90 Å². The van der Waals surface area contributed by atoms with E-state index in [0.29, 0.717) is 6.42 Å². The zero-order chi connectivity index (χ0) is 12.4. The molecule has 3 nitrogen and oxygen atoms in total. The van der Waals surface area contributed by atoms with Crippen molar-refractivity contribution in [2.45, 2.75) is 44.8 Å². The van der Waals surface area contributed by atoms with Crippen LogP contribution in [0.15, 0.2) is 0 Å². The maximum atomic E-state index is 12.0. The lowest BCUT2D eigenvalue weighted by atomic mass is 10.2. The van der Waals surface area contributed by atoms with E-state index in [1.807, 2.05) is 7.05 Å². The molecule has 0 aliphatic heterocycles. The fourth-order valence-electron chi connectivity index (χ4n) is 1.34. The van der Waals surface area contributed by atoms with Crippen molar-refractivity contribution in [3.8, 4) is 0 Å². The van der Waals surface area contributed by atoms with Crippen LogP contribution < -0.4 is 0 Å². The van der Waals surface area contributed by atoms with Gasteiger partial charge in [0.2, 0.25) is 5.91 Å². The molecule has 94 valence electrons. The second-order valence-electron chi connectivity index (χ2n) is 3.88. The second-order valence-corrected chi connectivity index (χ2v) is 5.19. The molecule has 1 atom stereocenters. The van der Waals surface area contributed by atoms with Gasteiger partial charge in [0.25, 0.3) is 0 Å². The first kappa shape index (κ1) is 15.5. The molecule has 0 aromatic rings. The van der Waals surface area contributed by atoms with Gasteiger partial charge in [-0.25, -0.2) is 0 Å². The molecule has 0 saturated heterocycles. The molecular weight excluding hydrogens is 222 g/mol. The molecule has 1 unspecified atom stereocenters. The Bertz CT molecular complexity index is 209. The molecule has 0 aromatic heterocycles. The summed E-state index contributed by atoms with van der Waals surface area (Å²) in [7, 11) is 1.82. The zero-order valence-corrected chi connectivity index (χ0v) is 11.4. The third-order valence-electron chi connectivity index (χ3n) is 2.33. The van der Waals surface area contributed by atoms with Crippen molar-refractivity contribution in [3.63, 3.8) is 0 Å². The van der Waals surface area contributed by atoms with E-state index in [-0.39, 0.29) is 11.2 Å². The number of hydrogen-bond donors (Lipinski definition) is 0. The van der Waals surface area contributed by atoms with Crippen LogP contribution in [0.25, 0.3) is 0 Å². The third kappa shape index (κ3) is 6.16. The van der Waals surface area contributed by atoms with Crippen molar-refractivity contribution in [3.05, 3.63) is 0 Å². The summed E-state index contributed by atoms with van der Waals surface area (Å²) < 4.78 is 0. The summed E-state index contributed by atoms with van der Waals surface area (Å²) in [6, 6.07) is 0. The van der Waals surface area contributed by atoms with Crippen LogP contribution in [0.3, 0.4) is 0 Å². The van der Waals surface area contributed by atoms with Crippen LogP contribution in [0.2, 0.25) is 0 Å². The molecule has 16 heavy (non-hydrogen) atoms. The smallest absolute Gasteiger partial charge is 0.235 e. The van der Waals surface area contributed by atoms with Crippen molar-refractivity contribution in [2.24, 2.45) is 0 Å². The third-order valence-corrected chi connectivity index (χ3v) is 3.77. The lowest BCUT2D eigenvalue weighted by Gasteiger charge is -2.22. The van der Waals surface area contributed by atoms with Crippen LogP contribution in [0.5, 0.6) is 0 Å². The fourth-order valence-corrected chi connectivity index (χ4v) is 2.40. The lowest BCUT2D eigenvalue weighted by Crippen LogP contribution is -2.35. The van der Waals surface area contributed by atoms with Crippen molar-refractivity contribution < 1.29 is 9.59 Å². The summed E-state index contributed by atoms with van der Waals surface area (Å²) in [5.74, 6) is 1.03. The fraction of sp³-hybridized carbons (Fsp3) is 0.833. The maximum Gasteiger partial charge on any atom is 0.235 e. The summed E-state index contributed by atoms with van der Waals surface area (Å²) >= 11 is 1.59. The monoisotopic (exact) mass is 245 g/mol. The summed E-state index contributed by atoms with van der Waals surface area (Å²) in [6.07, 6.45) is 4.32. The van der Waals surface area contributed by atoms with Gasteiger partial charge in [-0.3, -0.25) is 4.79 Å². The van der Waals surface area contributed by atoms with E-state index in [1.165, 1.54) is 0 Å². The number of hydrogen-bond acceptors (Lipinski definition) is 3. The van der Waals surface area contributed by atoms with E-state index in [0.717, 1.165) is 37.8 Å². The van der Waals surface area contributed by atoms with Gasteiger partial charge in [0, 0.05) is 20.0 Å². The number of carbonyl (C=O) groups excluding carboxylic acids is 2. The van der Waals surface area contributed by atoms with E-state index >= 15 is 0 Å². The van der Waals surface area contributed by atoms with Crippen LogP contribution in [-0.2, 0) is 9.59 Å². The highest BCUT2D eigenvalue weighted by Gasteiger charge is 2.21. The van der Waals surface area contributed by atoms with Gasteiger partial charge in [0.15, 0.2) is 0 Å². The van der Waals surface area contributed by atoms with Crippen LogP contribution in [0.1, 0.15) is 39.5 Å². The Morgan fingerprint density at radius 1 is 1.38 bits per heavy atom. The average Bonchev–Trinajstić information content (AvgIpc) is 2.30. The highest BCUT2D eigenvalue weighted by molar-refractivity contribution is 8.00. The Morgan fingerprint density at radius 2 is 2.06 bits per heavy atom. The van der Waals surface area contributed by atoms with Gasteiger partial charge in [0.05, 0.1) is 5.25 Å². The highest BCUT2D eigenvalue weighted by Crippen LogP contribution is 2.17. The van der Waals surface area contributed by atoms with Crippen LogP contribution >= 0.6 is 11.8 Å². The minimum Gasteiger partial charge on any atom is -0.345 e. The summed E-state index contributed by atoms with van der Waals surface area (Å²) in [5, 5.41) is -0.181. The van der Waals surface area contributed by atoms with Crippen LogP contribution in [0, 0.1) is 0 Å². The molecule has 0 aromatic carbocycles. The van der Waals surface area contributed by atoms with Crippen LogP contribution in [0.4, 0.5) is 0 Å². The van der Waals surface area contributed by atoms with E-state index in [2.05, 4.69) is 13.8 Å². The Balaban J connectivity index is 4.17. The van der Waals surface area contributed by atoms with Crippen molar-refractivity contribution >= 4 is 24.0 Å². The molecule has 0 bridgehead atoms. The SMILES string of the molecule is CCCCN(C)C(=O)C(CC=O)SCCC. The molecule has 0 heterocycles. The number of thioether (sulfide) groups is 1. The van der Waals surface area contributed by atoms with Gasteiger partial charge < -0.3 is 9.69 Å². The molecule has 0 aliphatic rings. The molecule has 0 rings (SSSR count). The number of rotatable bonds is 9. The summed E-state index contributed by atoms with van der Waals surface area (Å²) in [5.41, 5.74) is 0. The minimum absolute atomic E-state index is 0.0963. The molecule has 0 aliphatic carbocycles. The largest absolute Gasteiger partial charge is 0.345 e. The first-order chi connectivity index (χ1) is 7.67. The number of carbonyl (C=O) groups is 2. The maximum absolute atomic E-state index is 12.0. The molecule has 1 amide bonds. The number of amides is 1. The molecular formula is C12H23NO2S. The van der Waals surface area contributed by atoms with E-state index in [9.17, 15) is 9.59 Å². The van der Waals surface area contributed by atoms with Gasteiger partial charge in [-0.05, 0) is 18.6 Å². The summed E-state index contributed by atoms with van der Waals surface area (Å²) in [6.45, 7) is 4.97. The topological polar surface area (TPSA) is 37.4 Å². The molecule has 0 radical (unpaired) electrons. The highest BCUT2D eigenvalue weighted by atomic mass is 32.2. The average molecular weight is 245 g/mol. The standard InChI is InChI=1S/C12H23NO2S/c1-4-6-8-13(3)12(15)11(7-9-14)16-10-5-2/h9,11H,4-8,10H2,1-3H3. The molecule has 0 N–H and O–H groups in total. The molecule has 0 saturated carbocycles. The van der Waals surface area contributed by atoms with Gasteiger partial charge >= 0.3 is 0 Å². The Kier molecular flexibility index (Phi) is 9.39. The molecule has 4 heteroatoms. The Hall–Kier alpha value is -0.510. The van der Waals surface area contributed by atoms with E-state index < -0.39 is 0 Å². The van der Waals surface area contributed by atoms with Crippen molar-refractivity contribution in [2.75, 3.05) is 19.3 Å². The number of aldehydes is 1. The zero-order valence-electron chi connectivity index (χ0n) is 10.6. The minimum atomic E-state index is -0.181. The Labute approximate surface area is 103 Å². The van der Waals surface area contributed by atoms with E-state index in [4.69, 9.17) is 0 Å². The first-order valence-electron chi connectivity index (χ1n) is 5.97. The lowest BCUT2D eigenvalue weighted by molar-refractivity contribution is -0.130. The first-order valence-corrected chi connectivity index (χ1v) is 7.02. The Morgan fingerprint density at radius 3 is 2.56 bits per heavy atom. The number of nitrogens with zero attached hydrogens (tertiary/aromatic N) is 1. The predicted molar refractivity (Wildman–Crippen MR) is 69.8 cm³/mol. The van der Waals surface area contributed by atoms with E-state index in [1.54, 1.807) is 16.7 Å². The van der Waals surface area contributed by atoms with Crippen LogP contribution in [-0.4, -0.2) is 41.7 Å². The molecule has 0 spiro atoms. The van der Waals surface area contributed by atoms with Gasteiger partial charge in [0.1, 0.15) is 6.29 Å². The van der Waals surface area contributed by atoms with Gasteiger partial charge in [-0.15, -0.1) is 11.8 Å². The van der Waals surface area contributed by atoms with Gasteiger partial charge in [-0.2, -0.15) is 0 Å².